The van der Waals surface area contributed by atoms with E-state index in [-0.39, 0.29) is 12.3 Å². The maximum Gasteiger partial charge on any atom is 0.136 e. The van der Waals surface area contributed by atoms with Crippen molar-refractivity contribution >= 4 is 70.1 Å². The number of nitrogens with zero attached hydrogens (tertiary/aromatic N) is 1. The van der Waals surface area contributed by atoms with Gasteiger partial charge in [-0.15, -0.1) is 11.3 Å². The number of furan rings is 1. The van der Waals surface area contributed by atoms with Gasteiger partial charge in [-0.1, -0.05) is 115 Å². The highest BCUT2D eigenvalue weighted by atomic mass is 32.1. The number of thiophene rings is 1. The molecule has 9 aromatic rings. The molecule has 0 fully saturated rings. The molecule has 0 aliphatic carbocycles. The number of amidine groups is 1. The highest BCUT2D eigenvalue weighted by Crippen LogP contribution is 2.44. The Morgan fingerprint density at radius 3 is 2.15 bits per heavy atom. The third-order valence-electron chi connectivity index (χ3n) is 9.52. The molecule has 48 heavy (non-hydrogen) atoms. The molecule has 2 N–H and O–H groups in total. The van der Waals surface area contributed by atoms with Crippen molar-refractivity contribution in [3.63, 3.8) is 0 Å². The first-order chi connectivity index (χ1) is 23.8. The minimum atomic E-state index is -0.254. The number of benzene rings is 7. The lowest BCUT2D eigenvalue weighted by Gasteiger charge is -2.32. The molecule has 2 unspecified atom stereocenters. The molecule has 10 rings (SSSR count). The lowest BCUT2D eigenvalue weighted by molar-refractivity contribution is 0.411. The van der Waals surface area contributed by atoms with E-state index in [1.54, 1.807) is 0 Å². The van der Waals surface area contributed by atoms with Crippen molar-refractivity contribution < 1.29 is 4.42 Å². The van der Waals surface area contributed by atoms with Gasteiger partial charge in [-0.05, 0) is 63.9 Å². The summed E-state index contributed by atoms with van der Waals surface area (Å²) in [6, 6.07) is 53.8. The lowest BCUT2D eigenvalue weighted by atomic mass is 9.93. The number of nitrogens with one attached hydrogen (secondary N) is 2. The zero-order valence-electron chi connectivity index (χ0n) is 25.9. The van der Waals surface area contributed by atoms with Crippen LogP contribution in [0.4, 0.5) is 0 Å². The smallest absolute Gasteiger partial charge is 0.136 e. The van der Waals surface area contributed by atoms with Crippen molar-refractivity contribution in [1.82, 2.24) is 10.6 Å². The summed E-state index contributed by atoms with van der Waals surface area (Å²) in [6.45, 7) is 0. The minimum absolute atomic E-state index is 0.241. The molecule has 0 amide bonds. The van der Waals surface area contributed by atoms with Gasteiger partial charge in [-0.25, -0.2) is 4.99 Å². The molecule has 7 aromatic carbocycles. The number of aliphatic imine (C=N–C) groups is 1. The van der Waals surface area contributed by atoms with Crippen LogP contribution >= 0.6 is 11.3 Å². The van der Waals surface area contributed by atoms with Gasteiger partial charge in [0.25, 0.3) is 0 Å². The first-order valence-electron chi connectivity index (χ1n) is 16.3. The van der Waals surface area contributed by atoms with Gasteiger partial charge in [-0.2, -0.15) is 0 Å². The van der Waals surface area contributed by atoms with E-state index in [1.807, 2.05) is 23.5 Å². The maximum absolute atomic E-state index is 6.77. The zero-order valence-corrected chi connectivity index (χ0v) is 26.7. The molecule has 0 saturated heterocycles. The largest absolute Gasteiger partial charge is 0.456 e. The van der Waals surface area contributed by atoms with Crippen LogP contribution in [0.25, 0.3) is 64.0 Å². The van der Waals surface area contributed by atoms with Gasteiger partial charge in [-0.3, -0.25) is 5.32 Å². The average Bonchev–Trinajstić information content (AvgIpc) is 3.72. The van der Waals surface area contributed by atoms with Crippen molar-refractivity contribution in [2.75, 3.05) is 0 Å². The fourth-order valence-electron chi connectivity index (χ4n) is 7.29. The first-order valence-corrected chi connectivity index (χ1v) is 17.1. The van der Waals surface area contributed by atoms with Crippen molar-refractivity contribution in [2.45, 2.75) is 12.3 Å². The Bertz CT molecular complexity index is 2690. The molecule has 5 heteroatoms. The predicted molar refractivity (Wildman–Crippen MR) is 201 cm³/mol. The molecule has 2 aromatic heterocycles. The number of hydrogen-bond donors (Lipinski definition) is 2. The van der Waals surface area contributed by atoms with Gasteiger partial charge in [0.1, 0.15) is 29.3 Å². The third kappa shape index (κ3) is 4.43. The van der Waals surface area contributed by atoms with E-state index in [9.17, 15) is 0 Å². The Morgan fingerprint density at radius 2 is 1.29 bits per heavy atom. The van der Waals surface area contributed by atoms with Crippen molar-refractivity contribution in [3.8, 4) is 11.1 Å². The van der Waals surface area contributed by atoms with Crippen molar-refractivity contribution in [3.05, 3.63) is 168 Å². The summed E-state index contributed by atoms with van der Waals surface area (Å²) in [5.41, 5.74) is 7.36. The Morgan fingerprint density at radius 1 is 0.562 bits per heavy atom. The molecule has 1 aliphatic heterocycles. The van der Waals surface area contributed by atoms with Crippen molar-refractivity contribution in [2.24, 2.45) is 4.99 Å². The summed E-state index contributed by atoms with van der Waals surface area (Å²) in [7, 11) is 0. The summed E-state index contributed by atoms with van der Waals surface area (Å²) in [5.74, 6) is 0.857. The van der Waals surface area contributed by atoms with Gasteiger partial charge < -0.3 is 9.73 Å². The van der Waals surface area contributed by atoms with Crippen LogP contribution in [-0.4, -0.2) is 5.84 Å². The molecule has 3 heterocycles. The summed E-state index contributed by atoms with van der Waals surface area (Å²) >= 11 is 1.84. The van der Waals surface area contributed by atoms with Crippen LogP contribution < -0.4 is 10.6 Å². The topological polar surface area (TPSA) is 49.6 Å². The number of fused-ring (bicyclic) bond motifs is 7. The summed E-state index contributed by atoms with van der Waals surface area (Å²) in [4.78, 5) is 5.19. The molecule has 0 bridgehead atoms. The van der Waals surface area contributed by atoms with E-state index >= 15 is 0 Å². The molecule has 4 nitrogen and oxygen atoms in total. The van der Waals surface area contributed by atoms with Crippen LogP contribution in [0.5, 0.6) is 0 Å². The van der Waals surface area contributed by atoms with Crippen LogP contribution in [0, 0.1) is 0 Å². The van der Waals surface area contributed by atoms with Crippen LogP contribution in [0.1, 0.15) is 29.0 Å². The number of hydrogen-bond acceptors (Lipinski definition) is 5. The van der Waals surface area contributed by atoms with Gasteiger partial charge >= 0.3 is 0 Å². The van der Waals surface area contributed by atoms with E-state index < -0.39 is 0 Å². The second-order valence-corrected chi connectivity index (χ2v) is 13.5. The first kappa shape index (κ1) is 27.4. The van der Waals surface area contributed by atoms with Gasteiger partial charge in [0.2, 0.25) is 0 Å². The van der Waals surface area contributed by atoms with Gasteiger partial charge in [0.15, 0.2) is 0 Å². The normalized spacial score (nSPS) is 16.5. The second kappa shape index (κ2) is 10.9. The molecule has 2 atom stereocenters. The van der Waals surface area contributed by atoms with E-state index in [2.05, 4.69) is 150 Å². The Labute approximate surface area is 281 Å². The Balaban J connectivity index is 1.24. The van der Waals surface area contributed by atoms with Crippen LogP contribution in [0.2, 0.25) is 0 Å². The Kier molecular flexibility index (Phi) is 6.22. The molecular formula is C43H29N3OS. The quantitative estimate of drug-likeness (QED) is 0.202. The van der Waals surface area contributed by atoms with E-state index in [0.29, 0.717) is 0 Å². The fourth-order valence-corrected chi connectivity index (χ4v) is 8.42. The predicted octanol–water partition coefficient (Wildman–Crippen LogP) is 11.1. The van der Waals surface area contributed by atoms with Gasteiger partial charge in [0, 0.05) is 42.1 Å². The minimum Gasteiger partial charge on any atom is -0.456 e. The monoisotopic (exact) mass is 635 g/mol. The maximum atomic E-state index is 6.77. The van der Waals surface area contributed by atoms with Crippen molar-refractivity contribution in [1.29, 1.82) is 0 Å². The lowest BCUT2D eigenvalue weighted by Crippen LogP contribution is -2.45. The van der Waals surface area contributed by atoms with Crippen LogP contribution in [-0.2, 0) is 0 Å². The summed E-state index contributed by atoms with van der Waals surface area (Å²) in [6.07, 6.45) is -0.495. The SMILES string of the molecule is c1ccc(C2=NC(c3ccccc3)NC(c3cc(-c4cccc5sc6ccccc6c45)cc4oc5cc6ccccc6cc5c34)N2)cc1. The molecule has 1 aliphatic rings. The molecule has 228 valence electrons. The fraction of sp³-hybridized carbons (Fsp3) is 0.0465. The molecular weight excluding hydrogens is 607 g/mol. The Hall–Kier alpha value is -5.75. The summed E-state index contributed by atoms with van der Waals surface area (Å²) in [5, 5.41) is 14.8. The highest BCUT2D eigenvalue weighted by Gasteiger charge is 2.29. The van der Waals surface area contributed by atoms with Gasteiger partial charge in [0.05, 0.1) is 0 Å². The third-order valence-corrected chi connectivity index (χ3v) is 10.7. The average molecular weight is 636 g/mol. The molecule has 0 saturated carbocycles. The second-order valence-electron chi connectivity index (χ2n) is 12.4. The molecule has 0 radical (unpaired) electrons. The highest BCUT2D eigenvalue weighted by molar-refractivity contribution is 7.25. The van der Waals surface area contributed by atoms with E-state index in [0.717, 1.165) is 55.4 Å². The van der Waals surface area contributed by atoms with Crippen LogP contribution in [0.15, 0.2) is 161 Å². The number of rotatable bonds is 4. The summed E-state index contributed by atoms with van der Waals surface area (Å²) < 4.78 is 9.35. The zero-order chi connectivity index (χ0) is 31.6. The van der Waals surface area contributed by atoms with E-state index in [1.165, 1.54) is 31.1 Å². The standard InChI is InChI=1S/C43H29N3OS/c1-3-12-26(13-4-1)41-44-42(27-14-5-2-6-15-27)46-43(45-41)34-23-30(31-19-11-21-38-40(31)32-18-9-10-20-37(32)48-38)25-36-39(34)33-22-28-16-7-8-17-29(28)24-35(33)47-36/h1-25,41,43,45H,(H,44,46). The van der Waals surface area contributed by atoms with Crippen LogP contribution in [0.3, 0.4) is 0 Å². The van der Waals surface area contributed by atoms with E-state index in [4.69, 9.17) is 9.41 Å². The molecule has 0 spiro atoms.